The number of nitrogens with one attached hydrogen (secondary N) is 1. The fourth-order valence-corrected chi connectivity index (χ4v) is 6.83. The van der Waals surface area contributed by atoms with Gasteiger partial charge in [-0.1, -0.05) is 42.5 Å². The van der Waals surface area contributed by atoms with Gasteiger partial charge in [-0.25, -0.2) is 12.8 Å². The molecule has 3 N–H and O–H groups in total. The molecule has 1 aliphatic carbocycles. The molecule has 1 atom stereocenters. The second-order valence-corrected chi connectivity index (χ2v) is 13.4. The molecule has 0 spiro atoms. The summed E-state index contributed by atoms with van der Waals surface area (Å²) in [5, 5.41) is 23.4. The van der Waals surface area contributed by atoms with Crippen molar-refractivity contribution in [3.05, 3.63) is 89.2 Å². The summed E-state index contributed by atoms with van der Waals surface area (Å²) in [6.45, 7) is 4.31. The van der Waals surface area contributed by atoms with Crippen molar-refractivity contribution >= 4 is 16.0 Å². The molecule has 0 unspecified atom stereocenters. The average molecular weight is 569 g/mol. The Hall–Kier alpha value is -3.11. The van der Waals surface area contributed by atoms with E-state index in [0.717, 1.165) is 23.6 Å². The molecule has 0 radical (unpaired) electrons. The summed E-state index contributed by atoms with van der Waals surface area (Å²) in [6.07, 6.45) is 1.75. The lowest BCUT2D eigenvalue weighted by Crippen LogP contribution is -2.47. The van der Waals surface area contributed by atoms with Gasteiger partial charge in [0.25, 0.3) is 0 Å². The smallest absolute Gasteiger partial charge is 0.307 e. The van der Waals surface area contributed by atoms with Gasteiger partial charge in [0.05, 0.1) is 17.4 Å². The van der Waals surface area contributed by atoms with E-state index in [1.54, 1.807) is 6.07 Å². The number of aliphatic carboxylic acids is 1. The Bertz CT molecular complexity index is 1450. The third kappa shape index (κ3) is 7.34. The first-order valence-electron chi connectivity index (χ1n) is 13.4. The molecule has 0 heterocycles. The van der Waals surface area contributed by atoms with Crippen molar-refractivity contribution < 1.29 is 27.8 Å². The predicted molar refractivity (Wildman–Crippen MR) is 153 cm³/mol. The zero-order chi connectivity index (χ0) is 29.1. The Labute approximate surface area is 235 Å². The zero-order valence-corrected chi connectivity index (χ0v) is 23.9. The fourth-order valence-electron chi connectivity index (χ4n) is 5.58. The lowest BCUT2D eigenvalue weighted by Gasteiger charge is -2.31. The van der Waals surface area contributed by atoms with Crippen LogP contribution in [0.4, 0.5) is 4.39 Å². The molecule has 0 fully saturated rings. The number of fused-ring (bicyclic) bond motifs is 1. The van der Waals surface area contributed by atoms with E-state index in [2.05, 4.69) is 43.4 Å². The van der Waals surface area contributed by atoms with Crippen LogP contribution in [0.2, 0.25) is 0 Å². The number of carboxylic acid groups (broad SMARTS) is 1. The van der Waals surface area contributed by atoms with Crippen LogP contribution in [0.25, 0.3) is 11.1 Å². The number of β-amino-alcohol motifs (C(OH)–C–C–N with tert-alkyl or cyclic N) is 1. The fraction of sp³-hybridized carbons (Fsp3) is 0.387. The number of carboxylic acids is 1. The lowest BCUT2D eigenvalue weighted by atomic mass is 9.88. The number of hydrogen-bond acceptors (Lipinski definition) is 5. The van der Waals surface area contributed by atoms with Crippen molar-refractivity contribution in [2.75, 3.05) is 20.1 Å². The number of nitrogens with zero attached hydrogens (tertiary/aromatic N) is 1. The van der Waals surface area contributed by atoms with E-state index in [0.29, 0.717) is 22.6 Å². The summed E-state index contributed by atoms with van der Waals surface area (Å²) in [5.74, 6) is -1.11. The van der Waals surface area contributed by atoms with E-state index in [1.807, 2.05) is 0 Å². The lowest BCUT2D eigenvalue weighted by molar-refractivity contribution is -0.136. The minimum Gasteiger partial charge on any atom is -0.481 e. The van der Waals surface area contributed by atoms with Crippen LogP contribution in [0.15, 0.2) is 71.6 Å². The van der Waals surface area contributed by atoms with Crippen molar-refractivity contribution in [1.82, 2.24) is 9.62 Å². The summed E-state index contributed by atoms with van der Waals surface area (Å²) >= 11 is 0. The first-order valence-corrected chi connectivity index (χ1v) is 14.8. The van der Waals surface area contributed by atoms with Crippen molar-refractivity contribution in [3.8, 4) is 11.1 Å². The van der Waals surface area contributed by atoms with E-state index >= 15 is 0 Å². The molecular formula is C31H37FN2O5S. The number of benzene rings is 3. The Morgan fingerprint density at radius 3 is 2.40 bits per heavy atom. The molecule has 0 aliphatic heterocycles. The predicted octanol–water partition coefficient (Wildman–Crippen LogP) is 4.27. The van der Waals surface area contributed by atoms with E-state index in [4.69, 9.17) is 0 Å². The topological polar surface area (TPSA) is 107 Å². The van der Waals surface area contributed by atoms with Gasteiger partial charge in [-0.3, -0.25) is 4.79 Å². The molecule has 3 aromatic carbocycles. The van der Waals surface area contributed by atoms with Gasteiger partial charge in [0.15, 0.2) is 0 Å². The number of carbonyl (C=O) groups is 1. The van der Waals surface area contributed by atoms with Crippen LogP contribution in [0.5, 0.6) is 0 Å². The highest BCUT2D eigenvalue weighted by atomic mass is 32.2. The van der Waals surface area contributed by atoms with Gasteiger partial charge in [0, 0.05) is 25.7 Å². The average Bonchev–Trinajstić information content (AvgIpc) is 3.30. The van der Waals surface area contributed by atoms with Gasteiger partial charge in [0.2, 0.25) is 10.0 Å². The number of aliphatic hydroxyl groups is 1. The maximum absolute atomic E-state index is 14.0. The molecule has 0 aromatic heterocycles. The first-order chi connectivity index (χ1) is 18.8. The number of likely N-dealkylation sites (N-methyl/N-ethyl adjacent to an activating group) is 1. The summed E-state index contributed by atoms with van der Waals surface area (Å²) in [4.78, 5) is 11.2. The quantitative estimate of drug-likeness (QED) is 0.301. The summed E-state index contributed by atoms with van der Waals surface area (Å²) in [7, 11) is -2.57. The van der Waals surface area contributed by atoms with E-state index in [-0.39, 0.29) is 29.9 Å². The molecule has 0 saturated carbocycles. The van der Waals surface area contributed by atoms with Crippen LogP contribution in [-0.4, -0.2) is 60.7 Å². The van der Waals surface area contributed by atoms with E-state index in [9.17, 15) is 27.8 Å². The Morgan fingerprint density at radius 2 is 1.75 bits per heavy atom. The van der Waals surface area contributed by atoms with Crippen molar-refractivity contribution in [2.24, 2.45) is 5.92 Å². The number of sulfonamides is 1. The van der Waals surface area contributed by atoms with Crippen LogP contribution in [-0.2, 0) is 34.1 Å². The Balaban J connectivity index is 1.38. The Morgan fingerprint density at radius 1 is 1.07 bits per heavy atom. The normalized spacial score (nSPS) is 14.8. The molecule has 0 saturated heterocycles. The molecular weight excluding hydrogens is 531 g/mol. The standard InChI is InChI=1S/C31H37FN2O5S/c1-31(2,18-21-13-22-7-4-5-8-23(22)14-21)33-19-27(35)20-34(3)40(38,39)28-10-6-9-24(15-28)29-17-26(32)12-11-25(29)16-30(36)37/h4-12,15,17,21,27,33,35H,13-14,16,18-20H2,1-3H3,(H,36,37)/t27-/m1/s1. The van der Waals surface area contributed by atoms with Crippen LogP contribution in [0, 0.1) is 11.7 Å². The minimum atomic E-state index is -3.98. The van der Waals surface area contributed by atoms with Crippen molar-refractivity contribution in [2.45, 2.75) is 56.1 Å². The second kappa shape index (κ2) is 12.2. The van der Waals surface area contributed by atoms with Crippen molar-refractivity contribution in [1.29, 1.82) is 0 Å². The molecule has 1 aliphatic rings. The van der Waals surface area contributed by atoms with Crippen LogP contribution in [0.3, 0.4) is 0 Å². The largest absolute Gasteiger partial charge is 0.481 e. The van der Waals surface area contributed by atoms with Crippen LogP contribution >= 0.6 is 0 Å². The Kier molecular flexibility index (Phi) is 9.09. The molecule has 3 aromatic rings. The van der Waals surface area contributed by atoms with Gasteiger partial charge >= 0.3 is 5.97 Å². The first kappa shape index (κ1) is 29.9. The highest BCUT2D eigenvalue weighted by Gasteiger charge is 2.29. The van der Waals surface area contributed by atoms with Gasteiger partial charge in [0.1, 0.15) is 5.82 Å². The minimum absolute atomic E-state index is 0.0284. The zero-order valence-electron chi connectivity index (χ0n) is 23.1. The third-order valence-corrected chi connectivity index (χ3v) is 9.30. The molecule has 214 valence electrons. The molecule has 7 nitrogen and oxygen atoms in total. The maximum Gasteiger partial charge on any atom is 0.307 e. The monoisotopic (exact) mass is 568 g/mol. The maximum atomic E-state index is 14.0. The molecule has 40 heavy (non-hydrogen) atoms. The number of halogens is 1. The number of rotatable bonds is 12. The van der Waals surface area contributed by atoms with Gasteiger partial charge < -0.3 is 15.5 Å². The van der Waals surface area contributed by atoms with Crippen molar-refractivity contribution in [3.63, 3.8) is 0 Å². The number of aliphatic hydroxyl groups excluding tert-OH is 1. The highest BCUT2D eigenvalue weighted by molar-refractivity contribution is 7.89. The summed E-state index contributed by atoms with van der Waals surface area (Å²) in [6, 6.07) is 18.3. The van der Waals surface area contributed by atoms with Crippen LogP contribution in [0.1, 0.15) is 37.0 Å². The second-order valence-electron chi connectivity index (χ2n) is 11.4. The van der Waals surface area contributed by atoms with Gasteiger partial charge in [-0.15, -0.1) is 0 Å². The highest BCUT2D eigenvalue weighted by Crippen LogP contribution is 2.32. The molecule has 0 bridgehead atoms. The van der Waals surface area contributed by atoms with Crippen LogP contribution < -0.4 is 5.32 Å². The molecule has 9 heteroatoms. The van der Waals surface area contributed by atoms with E-state index in [1.165, 1.54) is 54.6 Å². The summed E-state index contributed by atoms with van der Waals surface area (Å²) in [5.41, 5.74) is 3.65. The number of hydrogen-bond donors (Lipinski definition) is 3. The van der Waals surface area contributed by atoms with E-state index < -0.39 is 27.9 Å². The van der Waals surface area contributed by atoms with Gasteiger partial charge in [-0.05, 0) is 91.1 Å². The summed E-state index contributed by atoms with van der Waals surface area (Å²) < 4.78 is 41.8. The SMILES string of the molecule is CN(C[C@H](O)CNC(C)(C)CC1Cc2ccccc2C1)S(=O)(=O)c1cccc(-c2cc(F)ccc2CC(=O)O)c1. The molecule has 4 rings (SSSR count). The molecule has 0 amide bonds. The van der Waals surface area contributed by atoms with Gasteiger partial charge in [-0.2, -0.15) is 4.31 Å². The third-order valence-electron chi connectivity index (χ3n) is 7.49.